The lowest BCUT2D eigenvalue weighted by Gasteiger charge is -2.30. The maximum Gasteiger partial charge on any atom is 0.232 e. The van der Waals surface area contributed by atoms with E-state index in [0.29, 0.717) is 5.75 Å². The van der Waals surface area contributed by atoms with E-state index in [1.165, 1.54) is 11.8 Å². The minimum absolute atomic E-state index is 0.162. The molecule has 1 aromatic rings. The normalized spacial score (nSPS) is 14.8. The van der Waals surface area contributed by atoms with Crippen LogP contribution >= 0.6 is 11.8 Å². The Morgan fingerprint density at radius 3 is 2.73 bits per heavy atom. The van der Waals surface area contributed by atoms with Gasteiger partial charge >= 0.3 is 0 Å². The minimum Gasteiger partial charge on any atom is -0.507 e. The Kier molecular flexibility index (Phi) is 3.16. The molecule has 1 amide bonds. The summed E-state index contributed by atoms with van der Waals surface area (Å²) in [4.78, 5) is 14.1. The van der Waals surface area contributed by atoms with Gasteiger partial charge in [0.25, 0.3) is 0 Å². The number of likely N-dealkylation sites (tertiary alicyclic amines) is 1. The molecule has 0 saturated carbocycles. The van der Waals surface area contributed by atoms with Gasteiger partial charge in [0.1, 0.15) is 5.75 Å². The van der Waals surface area contributed by atoms with Crippen molar-refractivity contribution in [2.45, 2.75) is 11.3 Å². The van der Waals surface area contributed by atoms with Gasteiger partial charge in [0.15, 0.2) is 0 Å². The third-order valence-corrected chi connectivity index (χ3v) is 3.47. The number of aromatic hydroxyl groups is 1. The predicted molar refractivity (Wildman–Crippen MR) is 60.0 cm³/mol. The Balaban J connectivity index is 1.87. The number of hydrogen-bond donors (Lipinski definition) is 1. The van der Waals surface area contributed by atoms with Crippen molar-refractivity contribution in [2.75, 3.05) is 18.8 Å². The first kappa shape index (κ1) is 10.4. The first-order chi connectivity index (χ1) is 7.27. The van der Waals surface area contributed by atoms with Crippen molar-refractivity contribution in [3.63, 3.8) is 0 Å². The molecule has 1 saturated heterocycles. The van der Waals surface area contributed by atoms with Crippen molar-refractivity contribution >= 4 is 17.7 Å². The average Bonchev–Trinajstić information content (AvgIpc) is 2.14. The zero-order valence-electron chi connectivity index (χ0n) is 8.35. The molecular formula is C11H13NO2S. The number of rotatable bonds is 3. The van der Waals surface area contributed by atoms with E-state index in [0.717, 1.165) is 24.4 Å². The fourth-order valence-electron chi connectivity index (χ4n) is 1.38. The van der Waals surface area contributed by atoms with Crippen LogP contribution in [0.25, 0.3) is 0 Å². The molecule has 4 heteroatoms. The van der Waals surface area contributed by atoms with Crippen molar-refractivity contribution in [3.8, 4) is 5.75 Å². The molecule has 0 radical (unpaired) electrons. The number of para-hydroxylation sites is 1. The van der Waals surface area contributed by atoms with E-state index in [-0.39, 0.29) is 11.7 Å². The van der Waals surface area contributed by atoms with Crippen molar-refractivity contribution in [3.05, 3.63) is 24.3 Å². The van der Waals surface area contributed by atoms with Crippen LogP contribution in [0.15, 0.2) is 29.2 Å². The van der Waals surface area contributed by atoms with Gasteiger partial charge in [-0.05, 0) is 18.6 Å². The van der Waals surface area contributed by atoms with Crippen molar-refractivity contribution in [1.82, 2.24) is 4.90 Å². The van der Waals surface area contributed by atoms with Crippen molar-refractivity contribution < 1.29 is 9.90 Å². The second-order valence-corrected chi connectivity index (χ2v) is 4.51. The van der Waals surface area contributed by atoms with Crippen LogP contribution in [0.1, 0.15) is 6.42 Å². The molecule has 2 rings (SSSR count). The van der Waals surface area contributed by atoms with Gasteiger partial charge < -0.3 is 10.0 Å². The van der Waals surface area contributed by atoms with Gasteiger partial charge in [-0.2, -0.15) is 0 Å². The molecule has 15 heavy (non-hydrogen) atoms. The summed E-state index contributed by atoms with van der Waals surface area (Å²) in [5.74, 6) is 0.825. The van der Waals surface area contributed by atoms with E-state index in [9.17, 15) is 9.90 Å². The van der Waals surface area contributed by atoms with Crippen LogP contribution in [-0.4, -0.2) is 34.8 Å². The Hall–Kier alpha value is -1.16. The second kappa shape index (κ2) is 4.57. The molecule has 0 atom stereocenters. The van der Waals surface area contributed by atoms with Gasteiger partial charge in [0, 0.05) is 18.0 Å². The molecule has 1 heterocycles. The van der Waals surface area contributed by atoms with Crippen LogP contribution in [0, 0.1) is 0 Å². The quantitative estimate of drug-likeness (QED) is 0.793. The zero-order valence-corrected chi connectivity index (χ0v) is 9.17. The van der Waals surface area contributed by atoms with Crippen LogP contribution in [0.3, 0.4) is 0 Å². The number of benzene rings is 1. The van der Waals surface area contributed by atoms with E-state index in [1.54, 1.807) is 12.1 Å². The number of thioether (sulfide) groups is 1. The molecule has 80 valence electrons. The number of carbonyl (C=O) groups excluding carboxylic acids is 1. The number of amides is 1. The largest absolute Gasteiger partial charge is 0.507 e. The highest BCUT2D eigenvalue weighted by Gasteiger charge is 2.19. The SMILES string of the molecule is O=C(CSc1ccccc1O)N1CCC1. The molecule has 0 spiro atoms. The third-order valence-electron chi connectivity index (χ3n) is 2.43. The Labute approximate surface area is 93.1 Å². The molecule has 1 fully saturated rings. The Morgan fingerprint density at radius 2 is 2.13 bits per heavy atom. The van der Waals surface area contributed by atoms with Crippen LogP contribution in [0.2, 0.25) is 0 Å². The summed E-state index contributed by atoms with van der Waals surface area (Å²) in [6.45, 7) is 1.78. The minimum atomic E-state index is 0.162. The lowest BCUT2D eigenvalue weighted by molar-refractivity contribution is -0.131. The van der Waals surface area contributed by atoms with Crippen LogP contribution in [0.5, 0.6) is 5.75 Å². The summed E-state index contributed by atoms with van der Waals surface area (Å²) in [5, 5.41) is 9.49. The van der Waals surface area contributed by atoms with E-state index in [1.807, 2.05) is 17.0 Å². The lowest BCUT2D eigenvalue weighted by Crippen LogP contribution is -2.42. The average molecular weight is 223 g/mol. The van der Waals surface area contributed by atoms with Crippen LogP contribution in [0.4, 0.5) is 0 Å². The zero-order chi connectivity index (χ0) is 10.7. The van der Waals surface area contributed by atoms with E-state index in [2.05, 4.69) is 0 Å². The van der Waals surface area contributed by atoms with Gasteiger partial charge in [-0.3, -0.25) is 4.79 Å². The number of carbonyl (C=O) groups is 1. The van der Waals surface area contributed by atoms with E-state index in [4.69, 9.17) is 0 Å². The fraction of sp³-hybridized carbons (Fsp3) is 0.364. The summed E-state index contributed by atoms with van der Waals surface area (Å²) < 4.78 is 0. The van der Waals surface area contributed by atoms with Gasteiger partial charge in [0.05, 0.1) is 5.75 Å². The van der Waals surface area contributed by atoms with E-state index >= 15 is 0 Å². The van der Waals surface area contributed by atoms with Gasteiger partial charge in [-0.25, -0.2) is 0 Å². The molecule has 1 N–H and O–H groups in total. The van der Waals surface area contributed by atoms with Crippen molar-refractivity contribution in [2.24, 2.45) is 0 Å². The summed E-state index contributed by atoms with van der Waals surface area (Å²) in [6, 6.07) is 7.09. The number of phenols is 1. The van der Waals surface area contributed by atoms with Crippen molar-refractivity contribution in [1.29, 1.82) is 0 Å². The Morgan fingerprint density at radius 1 is 1.40 bits per heavy atom. The molecular weight excluding hydrogens is 210 g/mol. The fourth-order valence-corrected chi connectivity index (χ4v) is 2.23. The summed E-state index contributed by atoms with van der Waals surface area (Å²) in [6.07, 6.45) is 1.12. The lowest BCUT2D eigenvalue weighted by atomic mass is 10.2. The third kappa shape index (κ3) is 2.45. The number of hydrogen-bond acceptors (Lipinski definition) is 3. The van der Waals surface area contributed by atoms with Crippen LogP contribution < -0.4 is 0 Å². The molecule has 1 aliphatic rings. The molecule has 1 aliphatic heterocycles. The molecule has 1 aromatic carbocycles. The maximum absolute atomic E-state index is 11.5. The van der Waals surface area contributed by atoms with Gasteiger partial charge in [0.2, 0.25) is 5.91 Å². The number of nitrogens with zero attached hydrogens (tertiary/aromatic N) is 1. The summed E-state index contributed by atoms with van der Waals surface area (Å²) in [7, 11) is 0. The predicted octanol–water partition coefficient (Wildman–Crippen LogP) is 1.72. The molecule has 0 aliphatic carbocycles. The summed E-state index contributed by atoms with van der Waals surface area (Å²) in [5.41, 5.74) is 0. The van der Waals surface area contributed by atoms with Gasteiger partial charge in [-0.1, -0.05) is 12.1 Å². The monoisotopic (exact) mass is 223 g/mol. The van der Waals surface area contributed by atoms with Gasteiger partial charge in [-0.15, -0.1) is 11.8 Å². The Bertz CT molecular complexity index is 363. The smallest absolute Gasteiger partial charge is 0.232 e. The molecule has 3 nitrogen and oxygen atoms in total. The maximum atomic E-state index is 11.5. The highest BCUT2D eigenvalue weighted by molar-refractivity contribution is 8.00. The van der Waals surface area contributed by atoms with E-state index < -0.39 is 0 Å². The molecule has 0 unspecified atom stereocenters. The standard InChI is InChI=1S/C11H13NO2S/c13-9-4-1-2-5-10(9)15-8-11(14)12-6-3-7-12/h1-2,4-5,13H,3,6-8H2. The molecule has 0 bridgehead atoms. The second-order valence-electron chi connectivity index (χ2n) is 3.49. The summed E-state index contributed by atoms with van der Waals surface area (Å²) >= 11 is 1.39. The first-order valence-electron chi connectivity index (χ1n) is 4.96. The highest BCUT2D eigenvalue weighted by Crippen LogP contribution is 2.28. The highest BCUT2D eigenvalue weighted by atomic mass is 32.2. The van der Waals surface area contributed by atoms with Crippen LogP contribution in [-0.2, 0) is 4.79 Å². The number of phenolic OH excluding ortho intramolecular Hbond substituents is 1. The first-order valence-corrected chi connectivity index (χ1v) is 5.94. The topological polar surface area (TPSA) is 40.5 Å². The molecule has 0 aromatic heterocycles.